The van der Waals surface area contributed by atoms with Crippen LogP contribution in [0.2, 0.25) is 0 Å². The zero-order valence-corrected chi connectivity index (χ0v) is 15.5. The number of imidazole rings is 1. The molecule has 27 heavy (non-hydrogen) atoms. The minimum Gasteiger partial charge on any atom is -0.455 e. The van der Waals surface area contributed by atoms with E-state index in [1.54, 1.807) is 54.8 Å². The quantitative estimate of drug-likeness (QED) is 0.726. The molecule has 2 aromatic rings. The third-order valence-corrected chi connectivity index (χ3v) is 4.86. The first kappa shape index (κ1) is 17.3. The Kier molecular flexibility index (Phi) is 3.81. The van der Waals surface area contributed by atoms with Gasteiger partial charge in [-0.25, -0.2) is 9.78 Å². The number of benzene rings is 1. The van der Waals surface area contributed by atoms with Crippen molar-refractivity contribution < 1.29 is 14.3 Å². The van der Waals surface area contributed by atoms with Gasteiger partial charge in [0.15, 0.2) is 5.69 Å². The summed E-state index contributed by atoms with van der Waals surface area (Å²) in [5, 5.41) is 9.49. The Morgan fingerprint density at radius 1 is 1.37 bits per heavy atom. The Hall–Kier alpha value is -3.14. The van der Waals surface area contributed by atoms with Crippen LogP contribution in [-0.2, 0) is 4.74 Å². The Morgan fingerprint density at radius 2 is 2.15 bits per heavy atom. The number of hydrogen-bond donors (Lipinski definition) is 0. The molecule has 1 saturated heterocycles. The van der Waals surface area contributed by atoms with Crippen LogP contribution in [0.1, 0.15) is 71.8 Å². The minimum absolute atomic E-state index is 0.177. The van der Waals surface area contributed by atoms with Crippen LogP contribution in [0.15, 0.2) is 24.5 Å². The average molecular weight is 364 g/mol. The van der Waals surface area contributed by atoms with Gasteiger partial charge in [0.2, 0.25) is 0 Å². The highest BCUT2D eigenvalue weighted by atomic mass is 16.6. The lowest BCUT2D eigenvalue weighted by atomic mass is 10.0. The summed E-state index contributed by atoms with van der Waals surface area (Å²) in [6, 6.07) is 7.00. The number of nitrogens with zero attached hydrogens (tertiary/aromatic N) is 4. The van der Waals surface area contributed by atoms with Crippen molar-refractivity contribution in [2.75, 3.05) is 6.54 Å². The molecule has 7 nitrogen and oxygen atoms in total. The molecule has 4 rings (SSSR count). The normalized spacial score (nSPS) is 18.2. The largest absolute Gasteiger partial charge is 0.455 e. The summed E-state index contributed by atoms with van der Waals surface area (Å²) >= 11 is 0. The first-order chi connectivity index (χ1) is 12.8. The van der Waals surface area contributed by atoms with Gasteiger partial charge in [-0.05, 0) is 45.7 Å². The summed E-state index contributed by atoms with van der Waals surface area (Å²) in [5.41, 5.74) is 1.50. The smallest absolute Gasteiger partial charge is 0.359 e. The van der Waals surface area contributed by atoms with Gasteiger partial charge in [-0.15, -0.1) is 0 Å². The predicted octanol–water partition coefficient (Wildman–Crippen LogP) is 2.99. The highest BCUT2D eigenvalue weighted by molar-refractivity contribution is 6.02. The van der Waals surface area contributed by atoms with Crippen molar-refractivity contribution in [1.82, 2.24) is 14.5 Å². The fraction of sp³-hybridized carbons (Fsp3) is 0.400. The third-order valence-electron chi connectivity index (χ3n) is 4.86. The molecule has 0 saturated carbocycles. The van der Waals surface area contributed by atoms with Crippen molar-refractivity contribution in [1.29, 1.82) is 5.26 Å². The lowest BCUT2D eigenvalue weighted by Gasteiger charge is -2.24. The maximum absolute atomic E-state index is 13.2. The topological polar surface area (TPSA) is 88.2 Å². The standard InChI is InChI=1S/C20H20N4O3/c1-20(2,3)27-19(26)16-17-14-8-5-9-23(14)18(25)15-12(10-21)6-4-7-13(15)24(17)11-22-16/h4,6-7,11,14H,5,8-9H2,1-3H3/t14-/m0/s1. The highest BCUT2D eigenvalue weighted by Gasteiger charge is 2.41. The molecular weight excluding hydrogens is 344 g/mol. The highest BCUT2D eigenvalue weighted by Crippen LogP contribution is 2.40. The van der Waals surface area contributed by atoms with E-state index in [0.29, 0.717) is 29.1 Å². The van der Waals surface area contributed by atoms with E-state index in [0.717, 1.165) is 12.8 Å². The molecule has 1 aromatic heterocycles. The van der Waals surface area contributed by atoms with E-state index in [9.17, 15) is 14.9 Å². The summed E-state index contributed by atoms with van der Waals surface area (Å²) in [4.78, 5) is 32.0. The van der Waals surface area contributed by atoms with Crippen LogP contribution in [-0.4, -0.2) is 38.5 Å². The molecule has 0 aliphatic carbocycles. The van der Waals surface area contributed by atoms with Gasteiger partial charge >= 0.3 is 5.97 Å². The van der Waals surface area contributed by atoms with Gasteiger partial charge in [0.1, 0.15) is 18.0 Å². The third kappa shape index (κ3) is 2.69. The van der Waals surface area contributed by atoms with Crippen LogP contribution >= 0.6 is 0 Å². The first-order valence-electron chi connectivity index (χ1n) is 8.97. The number of ether oxygens (including phenoxy) is 1. The summed E-state index contributed by atoms with van der Waals surface area (Å²) in [6.07, 6.45) is 3.12. The number of hydrogen-bond acceptors (Lipinski definition) is 5. The molecule has 2 aliphatic rings. The van der Waals surface area contributed by atoms with Crippen LogP contribution in [0.3, 0.4) is 0 Å². The lowest BCUT2D eigenvalue weighted by Crippen LogP contribution is -2.31. The predicted molar refractivity (Wildman–Crippen MR) is 96.5 cm³/mol. The van der Waals surface area contributed by atoms with Crippen molar-refractivity contribution in [3.63, 3.8) is 0 Å². The fourth-order valence-corrected chi connectivity index (χ4v) is 3.85. The zero-order valence-electron chi connectivity index (χ0n) is 15.5. The molecule has 1 fully saturated rings. The number of nitriles is 1. The molecule has 0 spiro atoms. The summed E-state index contributed by atoms with van der Waals surface area (Å²) in [5.74, 6) is -0.682. The number of carbonyl (C=O) groups is 2. The number of rotatable bonds is 1. The number of amides is 1. The zero-order chi connectivity index (χ0) is 19.3. The molecule has 3 heterocycles. The number of esters is 1. The molecule has 7 heteroatoms. The van der Waals surface area contributed by atoms with E-state index in [1.165, 1.54) is 0 Å². The molecule has 1 amide bonds. The second-order valence-electron chi connectivity index (χ2n) is 7.82. The molecule has 1 atom stereocenters. The Labute approximate surface area is 157 Å². The van der Waals surface area contributed by atoms with Crippen LogP contribution in [0.5, 0.6) is 0 Å². The van der Waals surface area contributed by atoms with Gasteiger partial charge in [0.05, 0.1) is 28.6 Å². The van der Waals surface area contributed by atoms with E-state index >= 15 is 0 Å². The van der Waals surface area contributed by atoms with Crippen molar-refractivity contribution in [2.45, 2.75) is 45.3 Å². The maximum atomic E-state index is 13.2. The minimum atomic E-state index is -0.643. The molecular formula is C20H20N4O3. The summed E-state index contributed by atoms with van der Waals surface area (Å²) in [7, 11) is 0. The second kappa shape index (κ2) is 5.95. The molecule has 0 radical (unpaired) electrons. The fourth-order valence-electron chi connectivity index (χ4n) is 3.85. The van der Waals surface area contributed by atoms with Crippen molar-refractivity contribution in [3.8, 4) is 11.8 Å². The molecule has 0 unspecified atom stereocenters. The SMILES string of the molecule is CC(C)(C)OC(=O)c1ncn2c1[C@@H]1CCCN1C(=O)c1c(C#N)cccc1-2. The van der Waals surface area contributed by atoms with Crippen molar-refractivity contribution >= 4 is 11.9 Å². The van der Waals surface area contributed by atoms with Gasteiger partial charge in [-0.3, -0.25) is 9.36 Å². The van der Waals surface area contributed by atoms with Gasteiger partial charge < -0.3 is 9.64 Å². The Balaban J connectivity index is 1.95. The van der Waals surface area contributed by atoms with Crippen LogP contribution in [0, 0.1) is 11.3 Å². The van der Waals surface area contributed by atoms with Gasteiger partial charge in [0.25, 0.3) is 5.91 Å². The monoisotopic (exact) mass is 364 g/mol. The Morgan fingerprint density at radius 3 is 2.85 bits per heavy atom. The van der Waals surface area contributed by atoms with Crippen LogP contribution < -0.4 is 0 Å². The van der Waals surface area contributed by atoms with E-state index in [-0.39, 0.29) is 17.6 Å². The van der Waals surface area contributed by atoms with E-state index in [2.05, 4.69) is 11.1 Å². The van der Waals surface area contributed by atoms with Crippen LogP contribution in [0.4, 0.5) is 0 Å². The Bertz CT molecular complexity index is 994. The summed E-state index contributed by atoms with van der Waals surface area (Å²) in [6.45, 7) is 6.00. The van der Waals surface area contributed by atoms with Gasteiger partial charge in [-0.1, -0.05) is 6.07 Å². The molecule has 1 aromatic carbocycles. The van der Waals surface area contributed by atoms with Crippen molar-refractivity contribution in [3.05, 3.63) is 47.0 Å². The second-order valence-corrected chi connectivity index (χ2v) is 7.82. The molecule has 2 aliphatic heterocycles. The van der Waals surface area contributed by atoms with Gasteiger partial charge in [0, 0.05) is 6.54 Å². The van der Waals surface area contributed by atoms with Crippen LogP contribution in [0.25, 0.3) is 5.69 Å². The first-order valence-corrected chi connectivity index (χ1v) is 8.97. The molecule has 0 bridgehead atoms. The maximum Gasteiger partial charge on any atom is 0.359 e. The molecule has 0 N–H and O–H groups in total. The van der Waals surface area contributed by atoms with E-state index in [1.807, 2.05) is 0 Å². The number of carbonyl (C=O) groups excluding carboxylic acids is 2. The van der Waals surface area contributed by atoms with E-state index in [4.69, 9.17) is 4.74 Å². The summed E-state index contributed by atoms with van der Waals surface area (Å²) < 4.78 is 7.29. The number of aromatic nitrogens is 2. The molecule has 138 valence electrons. The van der Waals surface area contributed by atoms with Crippen molar-refractivity contribution in [2.24, 2.45) is 0 Å². The van der Waals surface area contributed by atoms with Gasteiger partial charge in [-0.2, -0.15) is 5.26 Å². The number of fused-ring (bicyclic) bond motifs is 5. The lowest BCUT2D eigenvalue weighted by molar-refractivity contribution is 0.00595. The van der Waals surface area contributed by atoms with E-state index < -0.39 is 11.6 Å². The average Bonchev–Trinajstić information content (AvgIpc) is 3.23.